The summed E-state index contributed by atoms with van der Waals surface area (Å²) in [6, 6.07) is 14.0. The number of fused-ring (bicyclic) bond motifs is 1. The van der Waals surface area contributed by atoms with Gasteiger partial charge in [-0.1, -0.05) is 48.9 Å². The van der Waals surface area contributed by atoms with Crippen LogP contribution >= 0.6 is 11.6 Å². The summed E-state index contributed by atoms with van der Waals surface area (Å²) in [5.41, 5.74) is 5.39. The van der Waals surface area contributed by atoms with Crippen molar-refractivity contribution >= 4 is 28.4 Å². The van der Waals surface area contributed by atoms with E-state index in [-0.39, 0.29) is 5.91 Å². The highest BCUT2D eigenvalue weighted by molar-refractivity contribution is 6.32. The Bertz CT molecular complexity index is 1020. The standard InChI is InChI=1S/C23H23ClN2O2/c1-3-16-4-6-17(7-5-16)21-14-19(23(27)26-10-12-28-13-11-26)18-8-9-20(24)15(2)22(18)25-21/h4-9,14H,3,10-13H2,1-2H3. The number of hydrogen-bond donors (Lipinski definition) is 0. The van der Waals surface area contributed by atoms with Crippen LogP contribution in [-0.4, -0.2) is 42.1 Å². The maximum atomic E-state index is 13.3. The minimum absolute atomic E-state index is 0.0175. The van der Waals surface area contributed by atoms with Crippen LogP contribution in [0.1, 0.15) is 28.4 Å². The molecule has 0 aliphatic carbocycles. The van der Waals surface area contributed by atoms with E-state index in [9.17, 15) is 4.79 Å². The lowest BCUT2D eigenvalue weighted by molar-refractivity contribution is 0.0304. The van der Waals surface area contributed by atoms with E-state index in [0.717, 1.165) is 34.1 Å². The third-order valence-electron chi connectivity index (χ3n) is 5.36. The van der Waals surface area contributed by atoms with E-state index in [0.29, 0.717) is 36.9 Å². The SMILES string of the molecule is CCc1ccc(-c2cc(C(=O)N3CCOCC3)c3ccc(Cl)c(C)c3n2)cc1. The van der Waals surface area contributed by atoms with Crippen LogP contribution in [-0.2, 0) is 11.2 Å². The number of carbonyl (C=O) groups excluding carboxylic acids is 1. The molecule has 144 valence electrons. The molecule has 1 aromatic heterocycles. The Hall–Kier alpha value is -2.43. The molecular formula is C23H23ClN2O2. The van der Waals surface area contributed by atoms with Gasteiger partial charge in [0.15, 0.2) is 0 Å². The maximum Gasteiger partial charge on any atom is 0.254 e. The van der Waals surface area contributed by atoms with Crippen LogP contribution in [0.5, 0.6) is 0 Å². The number of ether oxygens (including phenoxy) is 1. The van der Waals surface area contributed by atoms with Gasteiger partial charge in [-0.15, -0.1) is 0 Å². The van der Waals surface area contributed by atoms with Crippen LogP contribution in [0.25, 0.3) is 22.2 Å². The molecule has 0 bridgehead atoms. The molecule has 0 N–H and O–H groups in total. The molecule has 5 heteroatoms. The molecule has 0 unspecified atom stereocenters. The van der Waals surface area contributed by atoms with Crippen molar-refractivity contribution in [2.45, 2.75) is 20.3 Å². The van der Waals surface area contributed by atoms with Crippen molar-refractivity contribution in [1.29, 1.82) is 0 Å². The molecule has 0 saturated carbocycles. The molecule has 2 aromatic carbocycles. The topological polar surface area (TPSA) is 42.4 Å². The average molecular weight is 395 g/mol. The fourth-order valence-electron chi connectivity index (χ4n) is 3.58. The molecule has 0 spiro atoms. The predicted molar refractivity (Wildman–Crippen MR) is 113 cm³/mol. The number of pyridine rings is 1. The second-order valence-electron chi connectivity index (χ2n) is 7.08. The Morgan fingerprint density at radius 2 is 1.86 bits per heavy atom. The molecular weight excluding hydrogens is 372 g/mol. The summed E-state index contributed by atoms with van der Waals surface area (Å²) >= 11 is 6.35. The van der Waals surface area contributed by atoms with Gasteiger partial charge in [-0.25, -0.2) is 4.98 Å². The van der Waals surface area contributed by atoms with Gasteiger partial charge < -0.3 is 9.64 Å². The van der Waals surface area contributed by atoms with Crippen molar-refractivity contribution in [3.05, 3.63) is 64.2 Å². The zero-order valence-electron chi connectivity index (χ0n) is 16.2. The second-order valence-corrected chi connectivity index (χ2v) is 7.49. The Morgan fingerprint density at radius 1 is 1.14 bits per heavy atom. The first-order chi connectivity index (χ1) is 13.6. The van der Waals surface area contributed by atoms with Crippen molar-refractivity contribution in [3.63, 3.8) is 0 Å². The number of hydrogen-bond acceptors (Lipinski definition) is 3. The van der Waals surface area contributed by atoms with E-state index in [1.807, 2.05) is 30.0 Å². The zero-order valence-corrected chi connectivity index (χ0v) is 16.9. The molecule has 1 aliphatic rings. The van der Waals surface area contributed by atoms with Gasteiger partial charge in [-0.2, -0.15) is 0 Å². The van der Waals surface area contributed by atoms with Gasteiger partial charge in [0.1, 0.15) is 0 Å². The Balaban J connectivity index is 1.88. The summed E-state index contributed by atoms with van der Waals surface area (Å²) in [5.74, 6) is 0.0175. The van der Waals surface area contributed by atoms with Crippen LogP contribution in [0.2, 0.25) is 5.02 Å². The van der Waals surface area contributed by atoms with Gasteiger partial charge in [-0.3, -0.25) is 4.79 Å². The first-order valence-corrected chi connectivity index (χ1v) is 10.0. The van der Waals surface area contributed by atoms with Crippen LogP contribution in [0, 0.1) is 6.92 Å². The summed E-state index contributed by atoms with van der Waals surface area (Å²) in [7, 11) is 0. The molecule has 4 rings (SSSR count). The van der Waals surface area contributed by atoms with Gasteiger partial charge in [-0.05, 0) is 36.6 Å². The highest BCUT2D eigenvalue weighted by Gasteiger charge is 2.22. The normalized spacial score (nSPS) is 14.5. The lowest BCUT2D eigenvalue weighted by Gasteiger charge is -2.27. The summed E-state index contributed by atoms with van der Waals surface area (Å²) in [6.07, 6.45) is 0.987. The fraction of sp³-hybridized carbons (Fsp3) is 0.304. The van der Waals surface area contributed by atoms with Crippen molar-refractivity contribution in [2.75, 3.05) is 26.3 Å². The molecule has 0 atom stereocenters. The quantitative estimate of drug-likeness (QED) is 0.634. The van der Waals surface area contributed by atoms with E-state index in [1.165, 1.54) is 5.56 Å². The summed E-state index contributed by atoms with van der Waals surface area (Å²) in [5, 5.41) is 1.50. The predicted octanol–water partition coefficient (Wildman–Crippen LogP) is 4.90. The number of morpholine rings is 1. The van der Waals surface area contributed by atoms with Crippen molar-refractivity contribution in [1.82, 2.24) is 9.88 Å². The Labute approximate surface area is 170 Å². The number of amides is 1. The highest BCUT2D eigenvalue weighted by atomic mass is 35.5. The van der Waals surface area contributed by atoms with E-state index in [4.69, 9.17) is 21.3 Å². The lowest BCUT2D eigenvalue weighted by Crippen LogP contribution is -2.40. The molecule has 1 amide bonds. The van der Waals surface area contributed by atoms with E-state index < -0.39 is 0 Å². The summed E-state index contributed by atoms with van der Waals surface area (Å²) in [4.78, 5) is 20.0. The first kappa shape index (κ1) is 18.9. The monoisotopic (exact) mass is 394 g/mol. The molecule has 1 saturated heterocycles. The third-order valence-corrected chi connectivity index (χ3v) is 5.76. The molecule has 0 radical (unpaired) electrons. The largest absolute Gasteiger partial charge is 0.378 e. The van der Waals surface area contributed by atoms with Gasteiger partial charge in [0.05, 0.1) is 30.0 Å². The first-order valence-electron chi connectivity index (χ1n) is 9.64. The number of carbonyl (C=O) groups is 1. The van der Waals surface area contributed by atoms with Crippen molar-refractivity contribution < 1.29 is 9.53 Å². The van der Waals surface area contributed by atoms with E-state index in [2.05, 4.69) is 31.2 Å². The van der Waals surface area contributed by atoms with Crippen molar-refractivity contribution in [2.24, 2.45) is 0 Å². The van der Waals surface area contributed by atoms with Crippen molar-refractivity contribution in [3.8, 4) is 11.3 Å². The van der Waals surface area contributed by atoms with Gasteiger partial charge >= 0.3 is 0 Å². The van der Waals surface area contributed by atoms with Gasteiger partial charge in [0.25, 0.3) is 5.91 Å². The van der Waals surface area contributed by atoms with Crippen LogP contribution in [0.3, 0.4) is 0 Å². The lowest BCUT2D eigenvalue weighted by atomic mass is 10.00. The number of aromatic nitrogens is 1. The third kappa shape index (κ3) is 3.50. The van der Waals surface area contributed by atoms with Crippen LogP contribution in [0.4, 0.5) is 0 Å². The summed E-state index contributed by atoms with van der Waals surface area (Å²) < 4.78 is 5.40. The zero-order chi connectivity index (χ0) is 19.7. The molecule has 4 nitrogen and oxygen atoms in total. The summed E-state index contributed by atoms with van der Waals surface area (Å²) in [6.45, 7) is 6.44. The minimum Gasteiger partial charge on any atom is -0.378 e. The smallest absolute Gasteiger partial charge is 0.254 e. The highest BCUT2D eigenvalue weighted by Crippen LogP contribution is 2.31. The number of rotatable bonds is 3. The van der Waals surface area contributed by atoms with Gasteiger partial charge in [0.2, 0.25) is 0 Å². The molecule has 3 aromatic rings. The van der Waals surface area contributed by atoms with Crippen LogP contribution in [0.15, 0.2) is 42.5 Å². The molecule has 1 aliphatic heterocycles. The average Bonchev–Trinajstić information content (AvgIpc) is 2.76. The maximum absolute atomic E-state index is 13.3. The Kier molecular flexibility index (Phi) is 5.33. The van der Waals surface area contributed by atoms with Gasteiger partial charge in [0, 0.05) is 29.1 Å². The van der Waals surface area contributed by atoms with Crippen LogP contribution < -0.4 is 0 Å². The second kappa shape index (κ2) is 7.90. The molecule has 1 fully saturated rings. The number of nitrogens with zero attached hydrogens (tertiary/aromatic N) is 2. The Morgan fingerprint density at radius 3 is 2.54 bits per heavy atom. The minimum atomic E-state index is 0.0175. The number of benzene rings is 2. The molecule has 28 heavy (non-hydrogen) atoms. The van der Waals surface area contributed by atoms with E-state index >= 15 is 0 Å². The van der Waals surface area contributed by atoms with E-state index in [1.54, 1.807) is 0 Å². The molecule has 2 heterocycles. The number of halogens is 1. The fourth-order valence-corrected chi connectivity index (χ4v) is 3.73. The number of aryl methyl sites for hydroxylation is 2.